The molecule has 1 spiro atoms. The first kappa shape index (κ1) is 14.7. The van der Waals surface area contributed by atoms with Gasteiger partial charge in [-0.1, -0.05) is 13.8 Å². The number of rotatable bonds is 2. The molecule has 0 aromatic rings. The van der Waals surface area contributed by atoms with Gasteiger partial charge in [-0.15, -0.1) is 0 Å². The lowest BCUT2D eigenvalue weighted by Gasteiger charge is -2.32. The lowest BCUT2D eigenvalue weighted by molar-refractivity contribution is -0.151. The van der Waals surface area contributed by atoms with Crippen molar-refractivity contribution in [2.75, 3.05) is 14.2 Å². The Hall–Kier alpha value is -1.72. The molecule has 20 heavy (non-hydrogen) atoms. The molecule has 0 amide bonds. The van der Waals surface area contributed by atoms with Crippen LogP contribution in [-0.4, -0.2) is 37.7 Å². The van der Waals surface area contributed by atoms with Gasteiger partial charge < -0.3 is 9.47 Å². The summed E-state index contributed by atoms with van der Waals surface area (Å²) < 4.78 is 9.25. The molecular weight excluding hydrogens is 264 g/mol. The van der Waals surface area contributed by atoms with Crippen LogP contribution < -0.4 is 0 Å². The van der Waals surface area contributed by atoms with Crippen LogP contribution in [0.5, 0.6) is 0 Å². The number of carbonyl (C=O) groups excluding carboxylic acids is 4. The van der Waals surface area contributed by atoms with Gasteiger partial charge in [-0.25, -0.2) is 0 Å². The molecule has 2 rings (SSSR count). The molecule has 2 saturated carbocycles. The van der Waals surface area contributed by atoms with Crippen LogP contribution in [0.3, 0.4) is 0 Å². The lowest BCUT2D eigenvalue weighted by Crippen LogP contribution is -2.42. The van der Waals surface area contributed by atoms with E-state index in [2.05, 4.69) is 9.47 Å². The summed E-state index contributed by atoms with van der Waals surface area (Å²) in [7, 11) is 2.34. The van der Waals surface area contributed by atoms with Crippen molar-refractivity contribution in [1.29, 1.82) is 0 Å². The largest absolute Gasteiger partial charge is 0.469 e. The Bertz CT molecular complexity index is 460. The van der Waals surface area contributed by atoms with Crippen LogP contribution in [-0.2, 0) is 28.7 Å². The van der Waals surface area contributed by atoms with E-state index < -0.39 is 34.6 Å². The van der Waals surface area contributed by atoms with E-state index in [1.807, 2.05) is 13.8 Å². The fourth-order valence-electron chi connectivity index (χ4n) is 3.36. The van der Waals surface area contributed by atoms with Gasteiger partial charge in [0.1, 0.15) is 17.0 Å². The third-order valence-electron chi connectivity index (χ3n) is 4.32. The summed E-state index contributed by atoms with van der Waals surface area (Å²) in [5.41, 5.74) is -1.99. The van der Waals surface area contributed by atoms with E-state index >= 15 is 0 Å². The highest BCUT2D eigenvalue weighted by Gasteiger charge is 2.81. The number of carbonyl (C=O) groups is 4. The molecule has 0 saturated heterocycles. The van der Waals surface area contributed by atoms with E-state index in [-0.39, 0.29) is 24.4 Å². The zero-order chi connectivity index (χ0) is 15.3. The van der Waals surface area contributed by atoms with E-state index in [0.717, 1.165) is 0 Å². The van der Waals surface area contributed by atoms with Gasteiger partial charge in [0, 0.05) is 12.8 Å². The van der Waals surface area contributed by atoms with Crippen molar-refractivity contribution in [3.05, 3.63) is 0 Å². The minimum absolute atomic E-state index is 0.166. The maximum atomic E-state index is 12.4. The number of hydrogen-bond donors (Lipinski definition) is 0. The summed E-state index contributed by atoms with van der Waals surface area (Å²) >= 11 is 0. The number of ketones is 2. The minimum Gasteiger partial charge on any atom is -0.469 e. The standard InChI is InChI=1S/C14H18O6/c1-13(2)5-7(15)14(8(16)6-13)9(11(17)19-3)10(14)12(18)20-4/h9-10H,5-6H2,1-4H3/t9-,10-/m1/s1. The first-order chi connectivity index (χ1) is 9.22. The van der Waals surface area contributed by atoms with Crippen molar-refractivity contribution < 1.29 is 28.7 Å². The highest BCUT2D eigenvalue weighted by molar-refractivity contribution is 6.20. The summed E-state index contributed by atoms with van der Waals surface area (Å²) in [6, 6.07) is 0. The molecule has 2 aliphatic carbocycles. The predicted octanol–water partition coefficient (Wildman–Crippen LogP) is 0.523. The SMILES string of the molecule is COC(=O)[C@H]1[C@H](C(=O)OC)C12C(=O)CC(C)(C)CC2=O. The van der Waals surface area contributed by atoms with Gasteiger partial charge in [0.15, 0.2) is 0 Å². The van der Waals surface area contributed by atoms with Crippen molar-refractivity contribution in [2.24, 2.45) is 22.7 Å². The van der Waals surface area contributed by atoms with E-state index in [0.29, 0.717) is 0 Å². The van der Waals surface area contributed by atoms with Gasteiger partial charge in [-0.2, -0.15) is 0 Å². The Balaban J connectivity index is 2.42. The quantitative estimate of drug-likeness (QED) is 0.542. The monoisotopic (exact) mass is 282 g/mol. The van der Waals surface area contributed by atoms with E-state index in [1.54, 1.807) is 0 Å². The van der Waals surface area contributed by atoms with Crippen LogP contribution >= 0.6 is 0 Å². The number of esters is 2. The number of ether oxygens (including phenoxy) is 2. The van der Waals surface area contributed by atoms with Crippen molar-refractivity contribution in [3.8, 4) is 0 Å². The summed E-state index contributed by atoms with van der Waals surface area (Å²) in [5, 5.41) is 0. The van der Waals surface area contributed by atoms with Crippen molar-refractivity contribution >= 4 is 23.5 Å². The second-order valence-corrected chi connectivity index (χ2v) is 6.23. The van der Waals surface area contributed by atoms with Gasteiger partial charge in [-0.3, -0.25) is 19.2 Å². The molecule has 2 aliphatic rings. The van der Waals surface area contributed by atoms with Gasteiger partial charge >= 0.3 is 11.9 Å². The number of hydrogen-bond acceptors (Lipinski definition) is 6. The molecule has 0 aromatic heterocycles. The van der Waals surface area contributed by atoms with Crippen LogP contribution in [0.25, 0.3) is 0 Å². The average Bonchev–Trinajstić information content (AvgIpc) is 3.05. The average molecular weight is 282 g/mol. The lowest BCUT2D eigenvalue weighted by atomic mass is 9.68. The van der Waals surface area contributed by atoms with Crippen LogP contribution in [0, 0.1) is 22.7 Å². The summed E-state index contributed by atoms with van der Waals surface area (Å²) in [4.78, 5) is 48.5. The van der Waals surface area contributed by atoms with E-state index in [1.165, 1.54) is 14.2 Å². The highest BCUT2D eigenvalue weighted by atomic mass is 16.5. The third kappa shape index (κ3) is 1.77. The Labute approximate surface area is 116 Å². The molecule has 110 valence electrons. The molecule has 0 radical (unpaired) electrons. The molecule has 0 heterocycles. The smallest absolute Gasteiger partial charge is 0.311 e. The Morgan fingerprint density at radius 1 is 0.950 bits per heavy atom. The highest BCUT2D eigenvalue weighted by Crippen LogP contribution is 2.65. The first-order valence-corrected chi connectivity index (χ1v) is 6.44. The van der Waals surface area contributed by atoms with Gasteiger partial charge in [0.2, 0.25) is 0 Å². The topological polar surface area (TPSA) is 86.7 Å². The maximum Gasteiger partial charge on any atom is 0.311 e. The van der Waals surface area contributed by atoms with Crippen molar-refractivity contribution in [1.82, 2.24) is 0 Å². The zero-order valence-corrected chi connectivity index (χ0v) is 12.0. The molecule has 0 aromatic carbocycles. The van der Waals surface area contributed by atoms with E-state index in [4.69, 9.17) is 0 Å². The van der Waals surface area contributed by atoms with E-state index in [9.17, 15) is 19.2 Å². The second kappa shape index (κ2) is 4.40. The van der Waals surface area contributed by atoms with Gasteiger partial charge in [0.25, 0.3) is 0 Å². The Morgan fingerprint density at radius 2 is 1.30 bits per heavy atom. The van der Waals surface area contributed by atoms with Crippen LogP contribution in [0.15, 0.2) is 0 Å². The molecular formula is C14H18O6. The molecule has 0 N–H and O–H groups in total. The summed E-state index contributed by atoms with van der Waals surface area (Å²) in [6.45, 7) is 3.64. The van der Waals surface area contributed by atoms with Gasteiger partial charge in [0.05, 0.1) is 26.1 Å². The predicted molar refractivity (Wildman–Crippen MR) is 66.5 cm³/mol. The molecule has 0 aliphatic heterocycles. The molecule has 0 unspecified atom stereocenters. The second-order valence-electron chi connectivity index (χ2n) is 6.23. The molecule has 2 atom stereocenters. The normalized spacial score (nSPS) is 30.0. The Morgan fingerprint density at radius 3 is 1.60 bits per heavy atom. The summed E-state index contributed by atoms with van der Waals surface area (Å²) in [5.74, 6) is -4.19. The molecule has 2 fully saturated rings. The Kier molecular flexibility index (Phi) is 3.23. The molecule has 0 bridgehead atoms. The molecule has 6 heteroatoms. The zero-order valence-electron chi connectivity index (χ0n) is 12.0. The fraction of sp³-hybridized carbons (Fsp3) is 0.714. The fourth-order valence-corrected chi connectivity index (χ4v) is 3.36. The van der Waals surface area contributed by atoms with Crippen LogP contribution in [0.4, 0.5) is 0 Å². The maximum absolute atomic E-state index is 12.4. The number of methoxy groups -OCH3 is 2. The van der Waals surface area contributed by atoms with Gasteiger partial charge in [-0.05, 0) is 5.41 Å². The minimum atomic E-state index is -1.55. The first-order valence-electron chi connectivity index (χ1n) is 6.44. The molecule has 6 nitrogen and oxygen atoms in total. The van der Waals surface area contributed by atoms with Crippen molar-refractivity contribution in [3.63, 3.8) is 0 Å². The van der Waals surface area contributed by atoms with Crippen LogP contribution in [0.2, 0.25) is 0 Å². The van der Waals surface area contributed by atoms with Crippen molar-refractivity contribution in [2.45, 2.75) is 26.7 Å². The third-order valence-corrected chi connectivity index (χ3v) is 4.32. The van der Waals surface area contributed by atoms with Crippen LogP contribution in [0.1, 0.15) is 26.7 Å². The number of Topliss-reactive ketones (excluding diaryl/α,β-unsaturated/α-hetero) is 2. The summed E-state index contributed by atoms with van der Waals surface area (Å²) in [6.07, 6.45) is 0.333.